The molecule has 0 radical (unpaired) electrons. The van der Waals surface area contributed by atoms with Crippen molar-refractivity contribution in [2.45, 2.75) is 19.5 Å². The second-order valence-electron chi connectivity index (χ2n) is 3.49. The van der Waals surface area contributed by atoms with Gasteiger partial charge in [0.15, 0.2) is 0 Å². The molecule has 2 heterocycles. The zero-order valence-corrected chi connectivity index (χ0v) is 8.96. The van der Waals surface area contributed by atoms with Gasteiger partial charge in [-0.05, 0) is 13.0 Å². The van der Waals surface area contributed by atoms with E-state index in [1.807, 2.05) is 30.2 Å². The number of nitrogens with zero attached hydrogens (tertiary/aromatic N) is 4. The Kier molecular flexibility index (Phi) is 2.71. The number of hydrogen-bond acceptors (Lipinski definition) is 3. The summed E-state index contributed by atoms with van der Waals surface area (Å²) in [6.07, 6.45) is 7.53. The molecule has 1 N–H and O–H groups in total. The molecular formula is C10H15N5. The van der Waals surface area contributed by atoms with Crippen LogP contribution < -0.4 is 5.32 Å². The Bertz CT molecular complexity index is 403. The van der Waals surface area contributed by atoms with Crippen LogP contribution in [0.5, 0.6) is 0 Å². The molecule has 2 rings (SSSR count). The minimum absolute atomic E-state index is 0.329. The van der Waals surface area contributed by atoms with Gasteiger partial charge in [0, 0.05) is 31.8 Å². The average Bonchev–Trinajstić information content (AvgIpc) is 2.86. The van der Waals surface area contributed by atoms with Crippen LogP contribution in [0.4, 0.5) is 5.95 Å². The average molecular weight is 205 g/mol. The molecule has 5 heteroatoms. The van der Waals surface area contributed by atoms with Crippen LogP contribution in [0, 0.1) is 0 Å². The monoisotopic (exact) mass is 205 g/mol. The smallest absolute Gasteiger partial charge is 0.202 e. The molecule has 0 spiro atoms. The SMILES string of the molecule is CNc1nccn1C(C)Cn1cccn1. The van der Waals surface area contributed by atoms with Crippen LogP contribution >= 0.6 is 0 Å². The fourth-order valence-corrected chi connectivity index (χ4v) is 1.63. The highest BCUT2D eigenvalue weighted by Crippen LogP contribution is 2.14. The fourth-order valence-electron chi connectivity index (χ4n) is 1.63. The Morgan fingerprint density at radius 1 is 1.40 bits per heavy atom. The third-order valence-electron chi connectivity index (χ3n) is 2.38. The van der Waals surface area contributed by atoms with E-state index in [1.165, 1.54) is 0 Å². The summed E-state index contributed by atoms with van der Waals surface area (Å²) in [4.78, 5) is 4.21. The standard InChI is InChI=1S/C10H15N5/c1-9(8-14-6-3-4-13-14)15-7-5-12-10(15)11-2/h3-7,9H,8H2,1-2H3,(H,11,12). The van der Waals surface area contributed by atoms with E-state index >= 15 is 0 Å². The van der Waals surface area contributed by atoms with Gasteiger partial charge in [0.2, 0.25) is 5.95 Å². The van der Waals surface area contributed by atoms with Gasteiger partial charge in [0.25, 0.3) is 0 Å². The van der Waals surface area contributed by atoms with Crippen molar-refractivity contribution >= 4 is 5.95 Å². The maximum Gasteiger partial charge on any atom is 0.202 e. The minimum Gasteiger partial charge on any atom is -0.359 e. The summed E-state index contributed by atoms with van der Waals surface area (Å²) in [5.74, 6) is 0.884. The lowest BCUT2D eigenvalue weighted by Gasteiger charge is -2.15. The summed E-state index contributed by atoms with van der Waals surface area (Å²) in [5, 5.41) is 7.24. The lowest BCUT2D eigenvalue weighted by atomic mass is 10.3. The van der Waals surface area contributed by atoms with E-state index in [2.05, 4.69) is 26.9 Å². The van der Waals surface area contributed by atoms with Gasteiger partial charge < -0.3 is 9.88 Å². The second kappa shape index (κ2) is 4.16. The quantitative estimate of drug-likeness (QED) is 0.820. The molecule has 0 saturated carbocycles. The van der Waals surface area contributed by atoms with Crippen molar-refractivity contribution in [1.29, 1.82) is 0 Å². The first-order valence-corrected chi connectivity index (χ1v) is 4.99. The van der Waals surface area contributed by atoms with Gasteiger partial charge in [-0.25, -0.2) is 4.98 Å². The maximum atomic E-state index is 4.21. The summed E-state index contributed by atoms with van der Waals surface area (Å²) < 4.78 is 4.02. The Morgan fingerprint density at radius 3 is 2.93 bits per heavy atom. The Morgan fingerprint density at radius 2 is 2.27 bits per heavy atom. The lowest BCUT2D eigenvalue weighted by molar-refractivity contribution is 0.441. The van der Waals surface area contributed by atoms with Crippen molar-refractivity contribution in [3.05, 3.63) is 30.9 Å². The predicted octanol–water partition coefficient (Wildman–Crippen LogP) is 1.38. The molecule has 1 unspecified atom stereocenters. The van der Waals surface area contributed by atoms with Crippen LogP contribution in [0.15, 0.2) is 30.9 Å². The van der Waals surface area contributed by atoms with Crippen LogP contribution in [-0.4, -0.2) is 26.4 Å². The number of rotatable bonds is 4. The van der Waals surface area contributed by atoms with Crippen molar-refractivity contribution < 1.29 is 0 Å². The van der Waals surface area contributed by atoms with Gasteiger partial charge in [-0.3, -0.25) is 4.68 Å². The Hall–Kier alpha value is -1.78. The maximum absolute atomic E-state index is 4.21. The van der Waals surface area contributed by atoms with Crippen LogP contribution in [0.3, 0.4) is 0 Å². The van der Waals surface area contributed by atoms with Gasteiger partial charge in [-0.15, -0.1) is 0 Å². The summed E-state index contributed by atoms with van der Waals surface area (Å²) in [6, 6.07) is 2.26. The highest BCUT2D eigenvalue weighted by molar-refractivity contribution is 5.24. The number of imidazole rings is 1. The third-order valence-corrected chi connectivity index (χ3v) is 2.38. The largest absolute Gasteiger partial charge is 0.359 e. The predicted molar refractivity (Wildman–Crippen MR) is 58.7 cm³/mol. The molecule has 1 atom stereocenters. The molecule has 0 aromatic carbocycles. The van der Waals surface area contributed by atoms with E-state index in [-0.39, 0.29) is 0 Å². The van der Waals surface area contributed by atoms with Crippen molar-refractivity contribution in [2.75, 3.05) is 12.4 Å². The van der Waals surface area contributed by atoms with Crippen molar-refractivity contribution in [2.24, 2.45) is 0 Å². The van der Waals surface area contributed by atoms with Gasteiger partial charge in [-0.1, -0.05) is 0 Å². The van der Waals surface area contributed by atoms with Gasteiger partial charge in [0.1, 0.15) is 0 Å². The molecule has 0 saturated heterocycles. The third kappa shape index (κ3) is 2.01. The summed E-state index contributed by atoms with van der Waals surface area (Å²) >= 11 is 0. The minimum atomic E-state index is 0.329. The van der Waals surface area contributed by atoms with Gasteiger partial charge in [0.05, 0.1) is 12.6 Å². The van der Waals surface area contributed by atoms with E-state index in [9.17, 15) is 0 Å². The molecule has 80 valence electrons. The van der Waals surface area contributed by atoms with E-state index in [0.717, 1.165) is 12.5 Å². The molecule has 2 aromatic rings. The molecule has 0 aliphatic carbocycles. The van der Waals surface area contributed by atoms with E-state index < -0.39 is 0 Å². The highest BCUT2D eigenvalue weighted by atomic mass is 15.3. The molecule has 2 aromatic heterocycles. The van der Waals surface area contributed by atoms with E-state index in [1.54, 1.807) is 12.4 Å². The molecule has 0 bridgehead atoms. The molecule has 15 heavy (non-hydrogen) atoms. The van der Waals surface area contributed by atoms with Gasteiger partial charge >= 0.3 is 0 Å². The Labute approximate surface area is 88.7 Å². The summed E-state index contributed by atoms with van der Waals surface area (Å²) in [7, 11) is 1.87. The van der Waals surface area contributed by atoms with Crippen molar-refractivity contribution in [1.82, 2.24) is 19.3 Å². The van der Waals surface area contributed by atoms with E-state index in [4.69, 9.17) is 0 Å². The molecule has 5 nitrogen and oxygen atoms in total. The van der Waals surface area contributed by atoms with E-state index in [0.29, 0.717) is 6.04 Å². The number of anilines is 1. The fraction of sp³-hybridized carbons (Fsp3) is 0.400. The summed E-state index contributed by atoms with van der Waals surface area (Å²) in [5.41, 5.74) is 0. The first kappa shape index (κ1) is 9.76. The first-order chi connectivity index (χ1) is 7.31. The normalized spacial score (nSPS) is 12.7. The number of aromatic nitrogens is 4. The second-order valence-corrected chi connectivity index (χ2v) is 3.49. The topological polar surface area (TPSA) is 47.7 Å². The van der Waals surface area contributed by atoms with Crippen LogP contribution in [0.25, 0.3) is 0 Å². The first-order valence-electron chi connectivity index (χ1n) is 4.99. The highest BCUT2D eigenvalue weighted by Gasteiger charge is 2.09. The van der Waals surface area contributed by atoms with Crippen molar-refractivity contribution in [3.63, 3.8) is 0 Å². The number of hydrogen-bond donors (Lipinski definition) is 1. The molecule has 0 aliphatic rings. The Balaban J connectivity index is 2.11. The van der Waals surface area contributed by atoms with Crippen LogP contribution in [-0.2, 0) is 6.54 Å². The number of nitrogens with one attached hydrogen (secondary N) is 1. The van der Waals surface area contributed by atoms with Gasteiger partial charge in [-0.2, -0.15) is 5.10 Å². The van der Waals surface area contributed by atoms with Crippen LogP contribution in [0.1, 0.15) is 13.0 Å². The molecular weight excluding hydrogens is 190 g/mol. The van der Waals surface area contributed by atoms with Crippen molar-refractivity contribution in [3.8, 4) is 0 Å². The lowest BCUT2D eigenvalue weighted by Crippen LogP contribution is -2.14. The molecule has 0 aliphatic heterocycles. The zero-order chi connectivity index (χ0) is 10.7. The zero-order valence-electron chi connectivity index (χ0n) is 8.96. The molecule has 0 amide bonds. The molecule has 0 fully saturated rings. The summed E-state index contributed by atoms with van der Waals surface area (Å²) in [6.45, 7) is 2.99. The van der Waals surface area contributed by atoms with Crippen LogP contribution in [0.2, 0.25) is 0 Å².